The summed E-state index contributed by atoms with van der Waals surface area (Å²) in [7, 11) is 0. The summed E-state index contributed by atoms with van der Waals surface area (Å²) in [6, 6.07) is 4.34. The highest BCUT2D eigenvalue weighted by molar-refractivity contribution is 7.98. The molecule has 0 radical (unpaired) electrons. The number of rotatable bonds is 4. The number of nitrogens with zero attached hydrogens (tertiary/aromatic N) is 2. The Morgan fingerprint density at radius 1 is 1.38 bits per heavy atom. The van der Waals surface area contributed by atoms with E-state index in [1.54, 1.807) is 23.1 Å². The molecule has 0 amide bonds. The molecule has 0 bridgehead atoms. The van der Waals surface area contributed by atoms with Crippen LogP contribution in [-0.2, 0) is 0 Å². The van der Waals surface area contributed by atoms with Crippen LogP contribution in [0.25, 0.3) is 0 Å². The Labute approximate surface area is 103 Å². The lowest BCUT2D eigenvalue weighted by molar-refractivity contribution is 0.899. The molecule has 84 valence electrons. The summed E-state index contributed by atoms with van der Waals surface area (Å²) >= 11 is 3.31. The third-order valence-electron chi connectivity index (χ3n) is 2.21. The fraction of sp³-hybridized carbons (Fsp3) is 0.273. The highest BCUT2D eigenvalue weighted by Gasteiger charge is 2.06. The van der Waals surface area contributed by atoms with Gasteiger partial charge in [-0.3, -0.25) is 4.98 Å². The highest BCUT2D eigenvalue weighted by Crippen LogP contribution is 2.22. The van der Waals surface area contributed by atoms with Crippen molar-refractivity contribution in [1.29, 1.82) is 0 Å². The smallest absolute Gasteiger partial charge is 0.0958 e. The molecule has 1 unspecified atom stereocenters. The van der Waals surface area contributed by atoms with E-state index in [4.69, 9.17) is 0 Å². The largest absolute Gasteiger partial charge is 0.376 e. The Morgan fingerprint density at radius 2 is 2.25 bits per heavy atom. The first-order valence-corrected chi connectivity index (χ1v) is 7.05. The topological polar surface area (TPSA) is 37.8 Å². The van der Waals surface area contributed by atoms with Crippen LogP contribution in [0.1, 0.15) is 17.8 Å². The Balaban J connectivity index is 2.03. The van der Waals surface area contributed by atoms with Gasteiger partial charge in [0.25, 0.3) is 0 Å². The van der Waals surface area contributed by atoms with E-state index in [1.165, 1.54) is 4.88 Å². The van der Waals surface area contributed by atoms with Gasteiger partial charge in [-0.2, -0.15) is 0 Å². The molecule has 0 saturated carbocycles. The minimum absolute atomic E-state index is 0.273. The van der Waals surface area contributed by atoms with Crippen molar-refractivity contribution in [3.8, 4) is 0 Å². The number of anilines is 1. The third-order valence-corrected chi connectivity index (χ3v) is 3.82. The molecule has 2 aromatic rings. The fourth-order valence-corrected chi connectivity index (χ4v) is 2.34. The average molecular weight is 251 g/mol. The predicted octanol–water partition coefficient (Wildman–Crippen LogP) is 3.43. The third kappa shape index (κ3) is 2.74. The van der Waals surface area contributed by atoms with Gasteiger partial charge in [0.2, 0.25) is 0 Å². The lowest BCUT2D eigenvalue weighted by atomic mass is 10.3. The molecule has 0 aliphatic rings. The van der Waals surface area contributed by atoms with Crippen LogP contribution in [0.2, 0.25) is 0 Å². The summed E-state index contributed by atoms with van der Waals surface area (Å²) in [5, 5.41) is 4.43. The molecule has 1 atom stereocenters. The van der Waals surface area contributed by atoms with Crippen LogP contribution in [0, 0.1) is 0 Å². The zero-order valence-corrected chi connectivity index (χ0v) is 10.8. The van der Waals surface area contributed by atoms with Crippen molar-refractivity contribution in [2.45, 2.75) is 18.0 Å². The molecule has 2 rings (SSSR count). The lowest BCUT2D eigenvalue weighted by Crippen LogP contribution is -2.04. The molecule has 5 heteroatoms. The molecule has 0 aliphatic carbocycles. The number of aromatic nitrogens is 2. The van der Waals surface area contributed by atoms with Crippen molar-refractivity contribution >= 4 is 28.8 Å². The molecule has 0 fully saturated rings. The van der Waals surface area contributed by atoms with Crippen molar-refractivity contribution in [3.63, 3.8) is 0 Å². The Bertz CT molecular complexity index is 425. The number of thioether (sulfide) groups is 1. The summed E-state index contributed by atoms with van der Waals surface area (Å²) in [5.74, 6) is 0. The number of pyridine rings is 1. The van der Waals surface area contributed by atoms with E-state index >= 15 is 0 Å². The summed E-state index contributed by atoms with van der Waals surface area (Å²) in [6.45, 7) is 2.12. The maximum atomic E-state index is 4.32. The van der Waals surface area contributed by atoms with Crippen LogP contribution in [0.4, 0.5) is 5.69 Å². The fourth-order valence-electron chi connectivity index (χ4n) is 1.35. The molecule has 16 heavy (non-hydrogen) atoms. The van der Waals surface area contributed by atoms with E-state index in [0.29, 0.717) is 0 Å². The second-order valence-corrected chi connectivity index (χ2v) is 5.10. The van der Waals surface area contributed by atoms with Gasteiger partial charge in [0.1, 0.15) is 0 Å². The summed E-state index contributed by atoms with van der Waals surface area (Å²) in [5.41, 5.74) is 2.89. The molecule has 0 aromatic carbocycles. The first-order valence-electron chi connectivity index (χ1n) is 4.94. The zero-order valence-electron chi connectivity index (χ0n) is 9.18. The summed E-state index contributed by atoms with van der Waals surface area (Å²) < 4.78 is 0. The quantitative estimate of drug-likeness (QED) is 0.845. The molecule has 2 heterocycles. The molecule has 2 aromatic heterocycles. The average Bonchev–Trinajstić information content (AvgIpc) is 2.83. The van der Waals surface area contributed by atoms with Crippen molar-refractivity contribution in [3.05, 3.63) is 34.9 Å². The standard InChI is InChI=1S/C11H13N3S2/c1-8(10-6-12-7-16-10)14-9-3-4-11(15-2)13-5-9/h3-8,14H,1-2H3. The van der Waals surface area contributed by atoms with E-state index in [-0.39, 0.29) is 6.04 Å². The summed E-state index contributed by atoms with van der Waals surface area (Å²) in [4.78, 5) is 9.62. The van der Waals surface area contributed by atoms with Crippen molar-refractivity contribution in [2.75, 3.05) is 11.6 Å². The number of hydrogen-bond acceptors (Lipinski definition) is 5. The maximum absolute atomic E-state index is 4.32. The SMILES string of the molecule is CSc1ccc(NC(C)c2cncs2)cn1. The number of nitrogens with one attached hydrogen (secondary N) is 1. The van der Waals surface area contributed by atoms with Gasteiger partial charge in [-0.1, -0.05) is 0 Å². The van der Waals surface area contributed by atoms with Gasteiger partial charge in [-0.05, 0) is 25.3 Å². The van der Waals surface area contributed by atoms with E-state index in [9.17, 15) is 0 Å². The maximum Gasteiger partial charge on any atom is 0.0958 e. The van der Waals surface area contributed by atoms with Crippen LogP contribution in [0.5, 0.6) is 0 Å². The second-order valence-electron chi connectivity index (χ2n) is 3.36. The Kier molecular flexibility index (Phi) is 3.79. The van der Waals surface area contributed by atoms with Gasteiger partial charge in [0.05, 0.1) is 28.5 Å². The molecule has 3 nitrogen and oxygen atoms in total. The second kappa shape index (κ2) is 5.32. The Morgan fingerprint density at radius 3 is 2.81 bits per heavy atom. The van der Waals surface area contributed by atoms with Crippen molar-refractivity contribution in [1.82, 2.24) is 9.97 Å². The van der Waals surface area contributed by atoms with E-state index < -0.39 is 0 Å². The van der Waals surface area contributed by atoms with Crippen LogP contribution >= 0.6 is 23.1 Å². The van der Waals surface area contributed by atoms with Gasteiger partial charge in [-0.25, -0.2) is 4.98 Å². The first-order chi connectivity index (χ1) is 7.79. The highest BCUT2D eigenvalue weighted by atomic mass is 32.2. The van der Waals surface area contributed by atoms with Gasteiger partial charge in [-0.15, -0.1) is 23.1 Å². The van der Waals surface area contributed by atoms with Gasteiger partial charge < -0.3 is 5.32 Å². The van der Waals surface area contributed by atoms with Crippen LogP contribution < -0.4 is 5.32 Å². The Hall–Kier alpha value is -1.07. The van der Waals surface area contributed by atoms with Crippen LogP contribution in [0.15, 0.2) is 35.1 Å². The predicted molar refractivity (Wildman–Crippen MR) is 70.2 cm³/mol. The van der Waals surface area contributed by atoms with Gasteiger partial charge in [0.15, 0.2) is 0 Å². The number of hydrogen-bond donors (Lipinski definition) is 1. The van der Waals surface area contributed by atoms with Crippen LogP contribution in [0.3, 0.4) is 0 Å². The van der Waals surface area contributed by atoms with Crippen molar-refractivity contribution in [2.24, 2.45) is 0 Å². The molecule has 0 spiro atoms. The van der Waals surface area contributed by atoms with Crippen LogP contribution in [-0.4, -0.2) is 16.2 Å². The van der Waals surface area contributed by atoms with E-state index in [1.807, 2.05) is 30.2 Å². The lowest BCUT2D eigenvalue weighted by Gasteiger charge is -2.12. The molecule has 1 N–H and O–H groups in total. The van der Waals surface area contributed by atoms with E-state index in [2.05, 4.69) is 28.3 Å². The monoisotopic (exact) mass is 251 g/mol. The minimum atomic E-state index is 0.273. The van der Waals surface area contributed by atoms with Gasteiger partial charge in [0, 0.05) is 11.1 Å². The van der Waals surface area contributed by atoms with Gasteiger partial charge >= 0.3 is 0 Å². The minimum Gasteiger partial charge on any atom is -0.376 e. The zero-order chi connectivity index (χ0) is 11.4. The molecule has 0 aliphatic heterocycles. The van der Waals surface area contributed by atoms with Crippen molar-refractivity contribution < 1.29 is 0 Å². The molecular weight excluding hydrogens is 238 g/mol. The first kappa shape index (κ1) is 11.4. The normalized spacial score (nSPS) is 12.4. The van der Waals surface area contributed by atoms with E-state index in [0.717, 1.165) is 10.7 Å². The number of thiazole rings is 1. The molecular formula is C11H13N3S2. The molecule has 0 saturated heterocycles. The summed E-state index contributed by atoms with van der Waals surface area (Å²) in [6.07, 6.45) is 5.78.